The molecule has 416 valence electrons. The molecule has 77 heavy (non-hydrogen) atoms. The summed E-state index contributed by atoms with van der Waals surface area (Å²) < 4.78 is 142. The number of pyridine rings is 2. The number of hydrazine groups is 1. The van der Waals surface area contributed by atoms with Crippen LogP contribution in [0.5, 0.6) is 0 Å². The Balaban J connectivity index is 1.31. The van der Waals surface area contributed by atoms with Crippen LogP contribution in [0.4, 0.5) is 54.9 Å². The first kappa shape index (κ1) is 59.0. The molecule has 6 N–H and O–H groups in total. The molecule has 26 heteroatoms. The fourth-order valence-electron chi connectivity index (χ4n) is 8.22. The summed E-state index contributed by atoms with van der Waals surface area (Å²) in [5, 5.41) is 27.6. The Kier molecular flexibility index (Phi) is 18.7. The van der Waals surface area contributed by atoms with Gasteiger partial charge >= 0.3 is 24.5 Å². The molecule has 0 aliphatic carbocycles. The van der Waals surface area contributed by atoms with Crippen LogP contribution in [-0.4, -0.2) is 150 Å². The van der Waals surface area contributed by atoms with Gasteiger partial charge in [-0.15, -0.1) is 0 Å². The summed E-state index contributed by atoms with van der Waals surface area (Å²) in [6.07, 6.45) is -14.0. The number of ether oxygens (including phenoxy) is 2. The average molecular weight is 1090 g/mol. The molecule has 0 radical (unpaired) electrons. The van der Waals surface area contributed by atoms with Crippen LogP contribution >= 0.6 is 0 Å². The van der Waals surface area contributed by atoms with Crippen LogP contribution in [0.15, 0.2) is 73.1 Å². The van der Waals surface area contributed by atoms with Gasteiger partial charge in [0.05, 0.1) is 55.0 Å². The van der Waals surface area contributed by atoms with Crippen molar-refractivity contribution in [3.8, 4) is 23.1 Å². The molecule has 2 fully saturated rings. The van der Waals surface area contributed by atoms with Crippen molar-refractivity contribution in [1.82, 2.24) is 41.3 Å². The summed E-state index contributed by atoms with van der Waals surface area (Å²) in [5.74, 6) is -0.0933. The number of alkyl halides is 6. The number of halogens is 9. The van der Waals surface area contributed by atoms with E-state index in [0.717, 1.165) is 70.7 Å². The largest absolute Gasteiger partial charge is 0.465 e. The number of rotatable bonds is 18. The standard InChI is InChI=1S/C51H56F9N9O8/c1-48(2,50(55,56)57)42(65-47(75)76-5)44(71)63-39(20-30-9-6-29(7-10-30)8-11-31-12-13-41(62-24-31)68-18-16-67(17-19-68)34-27-77-28-34)40(70)26-69(66-45(72)43(64-46(73)74)49(3,4)51(58,59)60)25-35-36(53)21-32(22-37(35)54)38-23-33(52)14-15-61-38/h6-7,9-10,12-15,21-24,34,39-40,42-43,64,70H,16-20,25-28H2,1-5H3,(H,63,71)(H,65,75)(H,66,72)(H,73,74)/t39-,40-,42+,43+/m0/s1. The van der Waals surface area contributed by atoms with Crippen molar-refractivity contribution >= 4 is 29.8 Å². The van der Waals surface area contributed by atoms with Gasteiger partial charge < -0.3 is 40.5 Å². The number of benzene rings is 2. The number of alkyl carbamates (subject to hydrolysis) is 1. The van der Waals surface area contributed by atoms with E-state index < -0.39 is 114 Å². The van der Waals surface area contributed by atoms with Gasteiger partial charge in [0.25, 0.3) is 5.91 Å². The molecule has 2 aliphatic rings. The highest BCUT2D eigenvalue weighted by molar-refractivity contribution is 5.87. The van der Waals surface area contributed by atoms with Crippen molar-refractivity contribution in [2.45, 2.75) is 83.3 Å². The molecule has 0 unspecified atom stereocenters. The zero-order chi connectivity index (χ0) is 56.6. The van der Waals surface area contributed by atoms with E-state index in [0.29, 0.717) is 62.0 Å². The molecule has 4 atom stereocenters. The second-order valence-electron chi connectivity index (χ2n) is 19.5. The molecule has 2 aromatic heterocycles. The van der Waals surface area contributed by atoms with E-state index in [-0.39, 0.29) is 16.8 Å². The molecular formula is C51H56F9N9O8. The number of hydrogen-bond acceptors (Lipinski definition) is 12. The van der Waals surface area contributed by atoms with Gasteiger partial charge in [-0.2, -0.15) is 26.3 Å². The van der Waals surface area contributed by atoms with Crippen molar-refractivity contribution in [2.24, 2.45) is 10.8 Å². The van der Waals surface area contributed by atoms with Crippen molar-refractivity contribution < 1.29 is 78.4 Å². The first-order valence-corrected chi connectivity index (χ1v) is 23.8. The lowest BCUT2D eigenvalue weighted by atomic mass is 9.82. The normalized spacial score (nSPS) is 16.2. The van der Waals surface area contributed by atoms with Crippen LogP contribution in [0.3, 0.4) is 0 Å². The average Bonchev–Trinajstić information content (AvgIpc) is 3.34. The Morgan fingerprint density at radius 2 is 1.38 bits per heavy atom. The summed E-state index contributed by atoms with van der Waals surface area (Å²) in [6.45, 7) is 4.68. The lowest BCUT2D eigenvalue weighted by Crippen LogP contribution is -2.63. The number of aromatic nitrogens is 2. The Hall–Kier alpha value is -7.21. The van der Waals surface area contributed by atoms with Crippen molar-refractivity contribution in [2.75, 3.05) is 57.9 Å². The molecule has 0 bridgehead atoms. The fraction of sp³-hybridized carbons (Fsp3) is 0.451. The first-order chi connectivity index (χ1) is 36.1. The molecule has 2 aromatic carbocycles. The molecule has 4 heterocycles. The Bertz CT molecular complexity index is 2780. The van der Waals surface area contributed by atoms with Gasteiger partial charge in [-0.1, -0.05) is 24.0 Å². The summed E-state index contributed by atoms with van der Waals surface area (Å²) in [7, 11) is 0.820. The Morgan fingerprint density at radius 3 is 1.90 bits per heavy atom. The van der Waals surface area contributed by atoms with Crippen LogP contribution in [0, 0.1) is 40.1 Å². The highest BCUT2D eigenvalue weighted by Crippen LogP contribution is 2.42. The minimum Gasteiger partial charge on any atom is -0.465 e. The maximum Gasteiger partial charge on any atom is 0.407 e. The maximum atomic E-state index is 16.0. The molecule has 0 saturated carbocycles. The number of carbonyl (C=O) groups excluding carboxylic acids is 3. The topological polar surface area (TPSA) is 211 Å². The molecule has 2 saturated heterocycles. The minimum atomic E-state index is -5.26. The number of nitrogens with zero attached hydrogens (tertiary/aromatic N) is 5. The number of aliphatic hydroxyl groups excluding tert-OH is 1. The third-order valence-corrected chi connectivity index (χ3v) is 13.4. The van der Waals surface area contributed by atoms with Crippen LogP contribution < -0.4 is 26.3 Å². The second-order valence-corrected chi connectivity index (χ2v) is 19.5. The summed E-state index contributed by atoms with van der Waals surface area (Å²) in [6, 6.07) is 6.50. The van der Waals surface area contributed by atoms with Gasteiger partial charge in [-0.25, -0.2) is 32.8 Å². The lowest BCUT2D eigenvalue weighted by molar-refractivity contribution is -0.221. The van der Waals surface area contributed by atoms with E-state index in [2.05, 4.69) is 41.7 Å². The minimum absolute atomic E-state index is 0.220. The molecule has 17 nitrogen and oxygen atoms in total. The zero-order valence-electron chi connectivity index (χ0n) is 42.2. The number of aliphatic hydroxyl groups is 1. The van der Waals surface area contributed by atoms with Crippen LogP contribution in [0.2, 0.25) is 0 Å². The van der Waals surface area contributed by atoms with E-state index >= 15 is 8.78 Å². The van der Waals surface area contributed by atoms with Crippen LogP contribution in [-0.2, 0) is 32.0 Å². The van der Waals surface area contributed by atoms with Crippen LogP contribution in [0.1, 0.15) is 49.9 Å². The molecular weight excluding hydrogens is 1040 g/mol. The van der Waals surface area contributed by atoms with Gasteiger partial charge in [0.15, 0.2) is 0 Å². The third-order valence-electron chi connectivity index (χ3n) is 13.4. The Morgan fingerprint density at radius 1 is 0.792 bits per heavy atom. The van der Waals surface area contributed by atoms with Gasteiger partial charge in [0, 0.05) is 80.0 Å². The monoisotopic (exact) mass is 1090 g/mol. The SMILES string of the molecule is COC(=O)N[C@H](C(=O)N[C@@H](Cc1ccc(C#Cc2ccc(N3CCN(C4COC4)CC3)nc2)cc1)[C@@H](O)CN(Cc1c(F)cc(-c2cc(F)ccn2)cc1F)NC(=O)[C@@H](NC(=O)O)C(C)(C)C(F)(F)F)C(C)(C)C(F)(F)F. The highest BCUT2D eigenvalue weighted by atomic mass is 19.4. The highest BCUT2D eigenvalue weighted by Gasteiger charge is 2.57. The van der Waals surface area contributed by atoms with Gasteiger partial charge in [-0.05, 0) is 82.1 Å². The summed E-state index contributed by atoms with van der Waals surface area (Å²) >= 11 is 0. The number of carboxylic acid groups (broad SMARTS) is 1. The smallest absolute Gasteiger partial charge is 0.407 e. The van der Waals surface area contributed by atoms with Crippen molar-refractivity contribution in [1.29, 1.82) is 0 Å². The fourth-order valence-corrected chi connectivity index (χ4v) is 8.22. The Labute approximate surface area is 436 Å². The van der Waals surface area contributed by atoms with Crippen molar-refractivity contribution in [3.63, 3.8) is 0 Å². The predicted octanol–water partition coefficient (Wildman–Crippen LogP) is 5.94. The molecule has 4 aromatic rings. The van der Waals surface area contributed by atoms with Crippen molar-refractivity contribution in [3.05, 3.63) is 113 Å². The molecule has 6 rings (SSSR count). The number of amides is 4. The van der Waals surface area contributed by atoms with Crippen LogP contribution in [0.25, 0.3) is 11.3 Å². The molecule has 4 amide bonds. The third kappa shape index (κ3) is 14.8. The van der Waals surface area contributed by atoms with E-state index in [9.17, 15) is 60.1 Å². The number of methoxy groups -OCH3 is 1. The number of carbonyl (C=O) groups is 4. The lowest BCUT2D eigenvalue weighted by Gasteiger charge is -2.42. The van der Waals surface area contributed by atoms with Gasteiger partial charge in [0.2, 0.25) is 5.91 Å². The van der Waals surface area contributed by atoms with E-state index in [1.165, 1.54) is 29.6 Å². The van der Waals surface area contributed by atoms with Gasteiger partial charge in [0.1, 0.15) is 35.4 Å². The first-order valence-electron chi connectivity index (χ1n) is 23.8. The van der Waals surface area contributed by atoms with Gasteiger partial charge in [-0.3, -0.25) is 24.9 Å². The number of piperazine rings is 1. The van der Waals surface area contributed by atoms with E-state index in [4.69, 9.17) is 4.74 Å². The number of hydrogen-bond donors (Lipinski definition) is 6. The zero-order valence-corrected chi connectivity index (χ0v) is 42.2. The summed E-state index contributed by atoms with van der Waals surface area (Å²) in [5.41, 5.74) is -4.33. The summed E-state index contributed by atoms with van der Waals surface area (Å²) in [4.78, 5) is 65.0. The number of nitrogens with one attached hydrogen (secondary N) is 4. The number of anilines is 1. The van der Waals surface area contributed by atoms with E-state index in [1.807, 2.05) is 16.8 Å². The second kappa shape index (κ2) is 24.4. The molecule has 0 spiro atoms. The quantitative estimate of drug-likeness (QED) is 0.0388. The molecule has 2 aliphatic heterocycles. The predicted molar refractivity (Wildman–Crippen MR) is 259 cm³/mol. The van der Waals surface area contributed by atoms with E-state index in [1.54, 1.807) is 12.3 Å². The maximum absolute atomic E-state index is 16.0.